The van der Waals surface area contributed by atoms with E-state index in [1.807, 2.05) is 32.9 Å². The second-order valence-electron chi connectivity index (χ2n) is 6.44. The smallest absolute Gasteiger partial charge is 0.274 e. The Labute approximate surface area is 139 Å². The Balaban J connectivity index is 2.38. The fourth-order valence-corrected chi connectivity index (χ4v) is 6.22. The predicted molar refractivity (Wildman–Crippen MR) is 92.7 cm³/mol. The van der Waals surface area contributed by atoms with Crippen LogP contribution < -0.4 is 0 Å². The number of ether oxygens (including phenoxy) is 1. The SMILES string of the molecule is COCCOP(=O)(C(=O)c1c(C)cc(C)cc1C)C1CCCC1. The van der Waals surface area contributed by atoms with Gasteiger partial charge in [-0.2, -0.15) is 0 Å². The molecular formula is C18H27O4P. The van der Waals surface area contributed by atoms with E-state index < -0.39 is 7.37 Å². The van der Waals surface area contributed by atoms with Crippen molar-refractivity contribution in [1.82, 2.24) is 0 Å². The molecule has 1 saturated carbocycles. The summed E-state index contributed by atoms with van der Waals surface area (Å²) in [5.74, 6) is 0. The van der Waals surface area contributed by atoms with Crippen LogP contribution in [-0.4, -0.2) is 31.5 Å². The lowest BCUT2D eigenvalue weighted by atomic mass is 10.0. The van der Waals surface area contributed by atoms with E-state index in [2.05, 4.69) is 0 Å². The minimum Gasteiger partial charge on any atom is -0.382 e. The van der Waals surface area contributed by atoms with Gasteiger partial charge in [0, 0.05) is 18.3 Å². The summed E-state index contributed by atoms with van der Waals surface area (Å²) in [5, 5.41) is 0. The first-order chi connectivity index (χ1) is 10.9. The summed E-state index contributed by atoms with van der Waals surface area (Å²) in [7, 11) is -1.83. The molecule has 5 heteroatoms. The lowest BCUT2D eigenvalue weighted by molar-refractivity contribution is 0.102. The van der Waals surface area contributed by atoms with E-state index in [1.165, 1.54) is 0 Å². The van der Waals surface area contributed by atoms with Gasteiger partial charge in [-0.15, -0.1) is 0 Å². The van der Waals surface area contributed by atoms with E-state index in [9.17, 15) is 9.36 Å². The van der Waals surface area contributed by atoms with Crippen molar-refractivity contribution >= 4 is 12.9 Å². The van der Waals surface area contributed by atoms with Crippen LogP contribution in [0.4, 0.5) is 0 Å². The Morgan fingerprint density at radius 3 is 2.22 bits per heavy atom. The Morgan fingerprint density at radius 1 is 1.13 bits per heavy atom. The Kier molecular flexibility index (Phi) is 6.19. The number of hydrogen-bond donors (Lipinski definition) is 0. The first-order valence-corrected chi connectivity index (χ1v) is 9.95. The number of benzene rings is 1. The molecule has 0 N–H and O–H groups in total. The Morgan fingerprint density at radius 2 is 1.70 bits per heavy atom. The van der Waals surface area contributed by atoms with Gasteiger partial charge in [0.05, 0.1) is 13.2 Å². The van der Waals surface area contributed by atoms with Crippen LogP contribution in [0.3, 0.4) is 0 Å². The minimum atomic E-state index is -3.40. The van der Waals surface area contributed by atoms with Crippen molar-refractivity contribution in [2.24, 2.45) is 0 Å². The van der Waals surface area contributed by atoms with Gasteiger partial charge in [-0.05, 0) is 44.7 Å². The molecule has 128 valence electrons. The number of methoxy groups -OCH3 is 1. The van der Waals surface area contributed by atoms with E-state index in [4.69, 9.17) is 9.26 Å². The summed E-state index contributed by atoms with van der Waals surface area (Å²) in [6.45, 7) is 6.35. The fraction of sp³-hybridized carbons (Fsp3) is 0.611. The van der Waals surface area contributed by atoms with E-state index in [0.29, 0.717) is 12.2 Å². The molecule has 4 nitrogen and oxygen atoms in total. The van der Waals surface area contributed by atoms with E-state index in [1.54, 1.807) is 7.11 Å². The molecule has 0 aliphatic heterocycles. The molecular weight excluding hydrogens is 311 g/mol. The number of carbonyl (C=O) groups is 1. The Hall–Kier alpha value is -0.960. The highest BCUT2D eigenvalue weighted by molar-refractivity contribution is 7.77. The molecule has 1 aromatic rings. The number of carbonyl (C=O) groups excluding carboxylic acids is 1. The van der Waals surface area contributed by atoms with E-state index >= 15 is 0 Å². The van der Waals surface area contributed by atoms with Crippen LogP contribution in [0.1, 0.15) is 52.7 Å². The van der Waals surface area contributed by atoms with Crippen LogP contribution in [0.5, 0.6) is 0 Å². The normalized spacial score (nSPS) is 18.1. The van der Waals surface area contributed by atoms with E-state index in [0.717, 1.165) is 42.4 Å². The third-order valence-corrected chi connectivity index (χ3v) is 7.38. The molecule has 0 saturated heterocycles. The molecule has 0 amide bonds. The molecule has 1 fully saturated rings. The average Bonchev–Trinajstić information content (AvgIpc) is 3.00. The van der Waals surface area contributed by atoms with Crippen LogP contribution in [0.15, 0.2) is 12.1 Å². The third-order valence-electron chi connectivity index (χ3n) is 4.55. The molecule has 0 spiro atoms. The van der Waals surface area contributed by atoms with Gasteiger partial charge in [0.25, 0.3) is 7.37 Å². The van der Waals surface area contributed by atoms with Crippen molar-refractivity contribution < 1.29 is 18.6 Å². The monoisotopic (exact) mass is 338 g/mol. The highest BCUT2D eigenvalue weighted by Crippen LogP contribution is 2.59. The summed E-state index contributed by atoms with van der Waals surface area (Å²) < 4.78 is 24.2. The van der Waals surface area contributed by atoms with Gasteiger partial charge in [-0.3, -0.25) is 9.36 Å². The zero-order valence-corrected chi connectivity index (χ0v) is 15.4. The van der Waals surface area contributed by atoms with Gasteiger partial charge in [0.15, 0.2) is 0 Å². The second kappa shape index (κ2) is 7.74. The van der Waals surface area contributed by atoms with Gasteiger partial charge in [-0.1, -0.05) is 30.5 Å². The molecule has 1 aromatic carbocycles. The lowest BCUT2D eigenvalue weighted by Gasteiger charge is -2.24. The largest absolute Gasteiger partial charge is 0.382 e. The lowest BCUT2D eigenvalue weighted by Crippen LogP contribution is -2.18. The number of aryl methyl sites for hydroxylation is 3. The number of rotatable bonds is 7. The van der Waals surface area contributed by atoms with Crippen LogP contribution in [-0.2, 0) is 13.8 Å². The molecule has 1 aliphatic rings. The van der Waals surface area contributed by atoms with Gasteiger partial charge in [-0.25, -0.2) is 0 Å². The fourth-order valence-electron chi connectivity index (χ4n) is 3.50. The molecule has 0 bridgehead atoms. The molecule has 0 aromatic heterocycles. The standard InChI is InChI=1S/C18H27O4P/c1-13-11-14(2)17(15(3)12-13)18(19)23(20,22-10-9-21-4)16-7-5-6-8-16/h11-12,16H,5-10H2,1-4H3. The van der Waals surface area contributed by atoms with Gasteiger partial charge in [0.1, 0.15) is 0 Å². The summed E-state index contributed by atoms with van der Waals surface area (Å²) in [6.07, 6.45) is 3.64. The van der Waals surface area contributed by atoms with Crippen molar-refractivity contribution in [3.05, 3.63) is 34.4 Å². The molecule has 1 aliphatic carbocycles. The molecule has 1 unspecified atom stereocenters. The maximum Gasteiger partial charge on any atom is 0.274 e. The van der Waals surface area contributed by atoms with Gasteiger partial charge < -0.3 is 9.26 Å². The predicted octanol–water partition coefficient (Wildman–Crippen LogP) is 4.64. The Bertz CT molecular complexity index is 594. The van der Waals surface area contributed by atoms with Gasteiger partial charge in [0.2, 0.25) is 5.52 Å². The van der Waals surface area contributed by atoms with Crippen molar-refractivity contribution in [3.8, 4) is 0 Å². The number of hydrogen-bond acceptors (Lipinski definition) is 4. The van der Waals surface area contributed by atoms with E-state index in [-0.39, 0.29) is 17.8 Å². The zero-order chi connectivity index (χ0) is 17.0. The van der Waals surface area contributed by atoms with Crippen molar-refractivity contribution in [1.29, 1.82) is 0 Å². The first kappa shape index (κ1) is 18.4. The third kappa shape index (κ3) is 3.93. The summed E-state index contributed by atoms with van der Waals surface area (Å²) >= 11 is 0. The molecule has 2 rings (SSSR count). The maximum absolute atomic E-state index is 13.6. The average molecular weight is 338 g/mol. The van der Waals surface area contributed by atoms with Crippen LogP contribution in [0.2, 0.25) is 0 Å². The maximum atomic E-state index is 13.6. The van der Waals surface area contributed by atoms with Crippen LogP contribution >= 0.6 is 7.37 Å². The summed E-state index contributed by atoms with van der Waals surface area (Å²) in [4.78, 5) is 13.2. The summed E-state index contributed by atoms with van der Waals surface area (Å²) in [5.41, 5.74) is 2.97. The highest BCUT2D eigenvalue weighted by atomic mass is 31.2. The van der Waals surface area contributed by atoms with Crippen molar-refractivity contribution in [3.63, 3.8) is 0 Å². The van der Waals surface area contributed by atoms with Crippen molar-refractivity contribution in [2.75, 3.05) is 20.3 Å². The first-order valence-electron chi connectivity index (χ1n) is 8.26. The second-order valence-corrected chi connectivity index (χ2v) is 9.03. The van der Waals surface area contributed by atoms with Gasteiger partial charge >= 0.3 is 0 Å². The molecule has 0 radical (unpaired) electrons. The molecule has 23 heavy (non-hydrogen) atoms. The van der Waals surface area contributed by atoms with Crippen molar-refractivity contribution in [2.45, 2.75) is 52.1 Å². The molecule has 0 heterocycles. The quantitative estimate of drug-likeness (QED) is 0.537. The zero-order valence-electron chi connectivity index (χ0n) is 14.6. The van der Waals surface area contributed by atoms with Crippen LogP contribution in [0, 0.1) is 20.8 Å². The molecule has 1 atom stereocenters. The highest BCUT2D eigenvalue weighted by Gasteiger charge is 2.44. The van der Waals surface area contributed by atoms with Crippen LogP contribution in [0.25, 0.3) is 0 Å². The topological polar surface area (TPSA) is 52.6 Å². The summed E-state index contributed by atoms with van der Waals surface area (Å²) in [6, 6.07) is 3.93. The minimum absolute atomic E-state index is 0.146.